The smallest absolute Gasteiger partial charge is 0.465 e. The van der Waals surface area contributed by atoms with Crippen molar-refractivity contribution in [3.05, 3.63) is 34.9 Å². The minimum Gasteiger partial charge on any atom is -0.465 e. The summed E-state index contributed by atoms with van der Waals surface area (Å²) in [6, 6.07) is 6.59. The minimum atomic E-state index is -1.30. The first-order chi connectivity index (χ1) is 14.4. The van der Waals surface area contributed by atoms with Gasteiger partial charge in [0.2, 0.25) is 5.91 Å². The Labute approximate surface area is 189 Å². The maximum Gasteiger partial charge on any atom is 0.481 e. The van der Waals surface area contributed by atoms with Crippen LogP contribution in [0, 0.1) is 0 Å². The van der Waals surface area contributed by atoms with Crippen LogP contribution in [-0.2, 0) is 25.3 Å². The first-order valence-electron chi connectivity index (χ1n) is 10.3. The van der Waals surface area contributed by atoms with Crippen molar-refractivity contribution >= 4 is 30.7 Å². The van der Waals surface area contributed by atoms with Gasteiger partial charge in [0.15, 0.2) is 0 Å². The number of amides is 2. The Bertz CT molecular complexity index is 743. The van der Waals surface area contributed by atoms with Crippen LogP contribution in [0.5, 0.6) is 0 Å². The number of halogens is 1. The number of carbonyl (C=O) groups is 2. The second kappa shape index (κ2) is 10.7. The molecule has 0 bridgehead atoms. The van der Waals surface area contributed by atoms with Gasteiger partial charge in [-0.05, 0) is 64.7 Å². The zero-order valence-electron chi connectivity index (χ0n) is 18.7. The SMILES string of the molecule is COCC(NC(=O)O)C(=O)N[C@@H](CCCc1ccc(Cl)cc1)B1OC(C)(C)C(C)(C)O1. The highest BCUT2D eigenvalue weighted by Crippen LogP contribution is 2.38. The summed E-state index contributed by atoms with van der Waals surface area (Å²) in [4.78, 5) is 23.8. The molecule has 31 heavy (non-hydrogen) atoms. The lowest BCUT2D eigenvalue weighted by molar-refractivity contribution is -0.124. The Kier molecular flexibility index (Phi) is 8.77. The standard InChI is InChI=1S/C21H32BClN2O6/c1-20(2)21(3,4)31-22(30-20)17(8-6-7-14-9-11-15(23)12-10-14)25-18(26)16(13-29-5)24-19(27)28/h9-12,16-17,24H,6-8,13H2,1-5H3,(H,25,26)(H,27,28)/t16?,17-/m0/s1. The molecule has 1 aromatic rings. The van der Waals surface area contributed by atoms with Gasteiger partial charge in [-0.15, -0.1) is 0 Å². The van der Waals surface area contributed by atoms with E-state index in [9.17, 15) is 9.59 Å². The summed E-state index contributed by atoms with van der Waals surface area (Å²) in [5.41, 5.74) is 0.0256. The third kappa shape index (κ3) is 7.10. The second-order valence-corrected chi connectivity index (χ2v) is 9.15. The van der Waals surface area contributed by atoms with Gasteiger partial charge in [-0.1, -0.05) is 23.7 Å². The zero-order chi connectivity index (χ0) is 23.2. The van der Waals surface area contributed by atoms with Crippen LogP contribution in [0.1, 0.15) is 46.1 Å². The Balaban J connectivity index is 2.10. The van der Waals surface area contributed by atoms with Gasteiger partial charge < -0.3 is 29.8 Å². The van der Waals surface area contributed by atoms with Crippen molar-refractivity contribution in [2.24, 2.45) is 0 Å². The number of ether oxygens (including phenoxy) is 1. The molecule has 1 heterocycles. The molecule has 1 aliphatic heterocycles. The van der Waals surface area contributed by atoms with E-state index >= 15 is 0 Å². The van der Waals surface area contributed by atoms with E-state index in [4.69, 9.17) is 30.8 Å². The molecule has 0 spiro atoms. The van der Waals surface area contributed by atoms with Gasteiger partial charge in [-0.2, -0.15) is 0 Å². The zero-order valence-corrected chi connectivity index (χ0v) is 19.5. The van der Waals surface area contributed by atoms with Gasteiger partial charge >= 0.3 is 13.2 Å². The number of aryl methyl sites for hydroxylation is 1. The molecule has 10 heteroatoms. The van der Waals surface area contributed by atoms with Crippen molar-refractivity contribution < 1.29 is 28.7 Å². The van der Waals surface area contributed by atoms with E-state index in [1.807, 2.05) is 52.0 Å². The lowest BCUT2D eigenvalue weighted by Gasteiger charge is -2.32. The summed E-state index contributed by atoms with van der Waals surface area (Å²) >= 11 is 5.95. The van der Waals surface area contributed by atoms with Crippen molar-refractivity contribution in [3.8, 4) is 0 Å². The minimum absolute atomic E-state index is 0.0843. The number of hydrogen-bond acceptors (Lipinski definition) is 5. The van der Waals surface area contributed by atoms with Crippen LogP contribution in [0.2, 0.25) is 5.02 Å². The topological polar surface area (TPSA) is 106 Å². The lowest BCUT2D eigenvalue weighted by Crippen LogP contribution is -2.55. The van der Waals surface area contributed by atoms with E-state index < -0.39 is 42.3 Å². The second-order valence-electron chi connectivity index (χ2n) is 8.72. The third-order valence-corrected chi connectivity index (χ3v) is 6.02. The molecule has 172 valence electrons. The number of benzene rings is 1. The Morgan fingerprint density at radius 1 is 1.13 bits per heavy atom. The van der Waals surface area contributed by atoms with Crippen molar-refractivity contribution in [2.75, 3.05) is 13.7 Å². The molecule has 3 N–H and O–H groups in total. The van der Waals surface area contributed by atoms with Crippen molar-refractivity contribution in [1.29, 1.82) is 0 Å². The first-order valence-corrected chi connectivity index (χ1v) is 10.7. The molecule has 2 atom stereocenters. The molecule has 1 fully saturated rings. The molecule has 0 saturated carbocycles. The number of carboxylic acid groups (broad SMARTS) is 1. The Morgan fingerprint density at radius 3 is 2.23 bits per heavy atom. The molecule has 0 aromatic heterocycles. The van der Waals surface area contributed by atoms with Gasteiger partial charge in [0.05, 0.1) is 23.8 Å². The summed E-state index contributed by atoms with van der Waals surface area (Å²) in [6.07, 6.45) is 0.834. The molecular formula is C21H32BClN2O6. The van der Waals surface area contributed by atoms with Gasteiger partial charge in [0.25, 0.3) is 0 Å². The highest BCUT2D eigenvalue weighted by molar-refractivity contribution is 6.48. The fourth-order valence-corrected chi connectivity index (χ4v) is 3.41. The van der Waals surface area contributed by atoms with E-state index in [0.717, 1.165) is 18.4 Å². The van der Waals surface area contributed by atoms with Gasteiger partial charge in [0, 0.05) is 12.1 Å². The van der Waals surface area contributed by atoms with E-state index in [1.54, 1.807) is 0 Å². The largest absolute Gasteiger partial charge is 0.481 e. The summed E-state index contributed by atoms with van der Waals surface area (Å²) in [5.74, 6) is -0.953. The number of rotatable bonds is 10. The maximum atomic E-state index is 12.8. The number of nitrogens with one attached hydrogen (secondary N) is 2. The molecule has 1 unspecified atom stereocenters. The molecule has 2 rings (SSSR count). The predicted molar refractivity (Wildman–Crippen MR) is 119 cm³/mol. The van der Waals surface area contributed by atoms with Crippen molar-refractivity contribution in [1.82, 2.24) is 10.6 Å². The lowest BCUT2D eigenvalue weighted by atomic mass is 9.75. The average molecular weight is 455 g/mol. The average Bonchev–Trinajstić information content (AvgIpc) is 2.89. The van der Waals surface area contributed by atoms with Crippen molar-refractivity contribution in [3.63, 3.8) is 0 Å². The monoisotopic (exact) mass is 454 g/mol. The number of carbonyl (C=O) groups excluding carboxylic acids is 1. The van der Waals surface area contributed by atoms with Crippen LogP contribution < -0.4 is 10.6 Å². The van der Waals surface area contributed by atoms with Gasteiger partial charge in [-0.25, -0.2) is 4.79 Å². The highest BCUT2D eigenvalue weighted by Gasteiger charge is 2.54. The molecule has 0 radical (unpaired) electrons. The summed E-state index contributed by atoms with van der Waals surface area (Å²) in [5, 5.41) is 14.8. The Morgan fingerprint density at radius 2 is 1.71 bits per heavy atom. The van der Waals surface area contributed by atoms with Gasteiger partial charge in [0.1, 0.15) is 6.04 Å². The van der Waals surface area contributed by atoms with E-state index in [2.05, 4.69) is 10.6 Å². The summed E-state index contributed by atoms with van der Waals surface area (Å²) < 4.78 is 17.3. The van der Waals surface area contributed by atoms with Crippen LogP contribution in [0.25, 0.3) is 0 Å². The summed E-state index contributed by atoms with van der Waals surface area (Å²) in [7, 11) is 0.744. The fraction of sp³-hybridized carbons (Fsp3) is 0.619. The fourth-order valence-electron chi connectivity index (χ4n) is 3.29. The van der Waals surface area contributed by atoms with Crippen LogP contribution in [-0.4, -0.2) is 61.1 Å². The third-order valence-electron chi connectivity index (χ3n) is 5.77. The highest BCUT2D eigenvalue weighted by atomic mass is 35.5. The molecule has 1 aromatic carbocycles. The van der Waals surface area contributed by atoms with Gasteiger partial charge in [-0.3, -0.25) is 4.79 Å². The van der Waals surface area contributed by atoms with E-state index in [-0.39, 0.29) is 6.61 Å². The van der Waals surface area contributed by atoms with E-state index in [0.29, 0.717) is 11.4 Å². The number of methoxy groups -OCH3 is 1. The maximum absolute atomic E-state index is 12.8. The van der Waals surface area contributed by atoms with Crippen LogP contribution in [0.4, 0.5) is 4.79 Å². The van der Waals surface area contributed by atoms with Crippen LogP contribution >= 0.6 is 11.6 Å². The Hall–Kier alpha value is -1.81. The first kappa shape index (κ1) is 25.5. The molecule has 2 amide bonds. The quantitative estimate of drug-likeness (QED) is 0.469. The number of hydrogen-bond donors (Lipinski definition) is 3. The molecular weight excluding hydrogens is 423 g/mol. The van der Waals surface area contributed by atoms with Crippen LogP contribution in [0.3, 0.4) is 0 Å². The predicted octanol–water partition coefficient (Wildman–Crippen LogP) is 3.06. The molecule has 8 nitrogen and oxygen atoms in total. The molecule has 1 aliphatic rings. The normalized spacial score (nSPS) is 19.0. The van der Waals surface area contributed by atoms with Crippen molar-refractivity contribution in [2.45, 2.75) is 70.1 Å². The molecule has 1 saturated heterocycles. The van der Waals surface area contributed by atoms with Crippen LogP contribution in [0.15, 0.2) is 24.3 Å². The summed E-state index contributed by atoms with van der Waals surface area (Å²) in [6.45, 7) is 7.69. The van der Waals surface area contributed by atoms with E-state index in [1.165, 1.54) is 7.11 Å². The molecule has 0 aliphatic carbocycles.